The van der Waals surface area contributed by atoms with Crippen molar-refractivity contribution in [3.63, 3.8) is 0 Å². The predicted molar refractivity (Wildman–Crippen MR) is 78.2 cm³/mol. The third-order valence-electron chi connectivity index (χ3n) is 3.37. The number of carbonyl (C=O) groups excluding carboxylic acids is 1. The molecule has 3 nitrogen and oxygen atoms in total. The lowest BCUT2D eigenvalue weighted by molar-refractivity contribution is 0.102. The fourth-order valence-electron chi connectivity index (χ4n) is 1.97. The molecule has 0 spiro atoms. The van der Waals surface area contributed by atoms with E-state index in [1.807, 2.05) is 26.0 Å². The number of hydrogen-bond acceptors (Lipinski definition) is 2. The number of nitrogens with two attached hydrogens (primary N) is 1. The van der Waals surface area contributed by atoms with Gasteiger partial charge in [-0.15, -0.1) is 0 Å². The molecule has 20 heavy (non-hydrogen) atoms. The Morgan fingerprint density at radius 3 is 2.65 bits per heavy atom. The Balaban J connectivity index is 2.26. The largest absolute Gasteiger partial charge is 0.326 e. The van der Waals surface area contributed by atoms with Gasteiger partial charge < -0.3 is 11.1 Å². The highest BCUT2D eigenvalue weighted by Crippen LogP contribution is 2.19. The molecule has 2 rings (SSSR count). The number of nitrogens with one attached hydrogen (secondary N) is 1. The van der Waals surface area contributed by atoms with Crippen LogP contribution in [-0.4, -0.2) is 5.91 Å². The Bertz CT molecular complexity index is 653. The molecular weight excluding hydrogens is 255 g/mol. The van der Waals surface area contributed by atoms with Crippen molar-refractivity contribution in [2.75, 3.05) is 5.32 Å². The highest BCUT2D eigenvalue weighted by molar-refractivity contribution is 6.05. The number of carbonyl (C=O) groups is 1. The molecule has 2 aromatic carbocycles. The van der Waals surface area contributed by atoms with Gasteiger partial charge in [-0.3, -0.25) is 4.79 Å². The number of amides is 1. The first kappa shape index (κ1) is 14.2. The molecule has 0 aromatic heterocycles. The van der Waals surface area contributed by atoms with Crippen molar-refractivity contribution < 1.29 is 9.18 Å². The van der Waals surface area contributed by atoms with Gasteiger partial charge in [0.1, 0.15) is 5.82 Å². The van der Waals surface area contributed by atoms with E-state index in [-0.39, 0.29) is 18.1 Å². The predicted octanol–water partition coefficient (Wildman–Crippen LogP) is 3.15. The van der Waals surface area contributed by atoms with E-state index in [0.29, 0.717) is 11.1 Å². The van der Waals surface area contributed by atoms with E-state index >= 15 is 0 Å². The van der Waals surface area contributed by atoms with Crippen LogP contribution in [0.5, 0.6) is 0 Å². The van der Waals surface area contributed by atoms with Gasteiger partial charge in [-0.1, -0.05) is 18.2 Å². The first-order valence-electron chi connectivity index (χ1n) is 6.39. The standard InChI is InChI=1S/C16H17FN2O/c1-10-4-3-5-13(11(10)2)16(20)19-15-7-6-12(9-18)8-14(15)17/h3-8H,9,18H2,1-2H3,(H,19,20). The van der Waals surface area contributed by atoms with Crippen molar-refractivity contribution in [2.45, 2.75) is 20.4 Å². The summed E-state index contributed by atoms with van der Waals surface area (Å²) in [5, 5.41) is 2.59. The van der Waals surface area contributed by atoms with Crippen LogP contribution in [0.3, 0.4) is 0 Å². The molecule has 0 saturated heterocycles. The zero-order valence-electron chi connectivity index (χ0n) is 11.5. The fourth-order valence-corrected chi connectivity index (χ4v) is 1.97. The first-order chi connectivity index (χ1) is 9.52. The maximum absolute atomic E-state index is 13.8. The smallest absolute Gasteiger partial charge is 0.256 e. The second-order valence-electron chi connectivity index (χ2n) is 4.72. The lowest BCUT2D eigenvalue weighted by Gasteiger charge is -2.10. The second-order valence-corrected chi connectivity index (χ2v) is 4.72. The van der Waals surface area contributed by atoms with E-state index in [1.54, 1.807) is 12.1 Å². The van der Waals surface area contributed by atoms with Crippen LogP contribution < -0.4 is 11.1 Å². The molecule has 104 valence electrons. The summed E-state index contributed by atoms with van der Waals surface area (Å²) in [5.41, 5.74) is 8.76. The van der Waals surface area contributed by atoms with Gasteiger partial charge in [0.05, 0.1) is 5.69 Å². The van der Waals surface area contributed by atoms with Gasteiger partial charge in [0.25, 0.3) is 5.91 Å². The van der Waals surface area contributed by atoms with E-state index < -0.39 is 5.82 Å². The van der Waals surface area contributed by atoms with Crippen LogP contribution >= 0.6 is 0 Å². The highest BCUT2D eigenvalue weighted by Gasteiger charge is 2.12. The molecule has 0 fully saturated rings. The lowest BCUT2D eigenvalue weighted by atomic mass is 10.0. The Labute approximate surface area is 117 Å². The number of hydrogen-bond donors (Lipinski definition) is 2. The SMILES string of the molecule is Cc1cccc(C(=O)Nc2ccc(CN)cc2F)c1C. The number of rotatable bonds is 3. The monoisotopic (exact) mass is 272 g/mol. The molecule has 4 heteroatoms. The maximum Gasteiger partial charge on any atom is 0.256 e. The number of benzene rings is 2. The van der Waals surface area contributed by atoms with Crippen LogP contribution in [0.25, 0.3) is 0 Å². The molecule has 0 radical (unpaired) electrons. The van der Waals surface area contributed by atoms with E-state index in [2.05, 4.69) is 5.32 Å². The van der Waals surface area contributed by atoms with Gasteiger partial charge in [-0.05, 0) is 48.7 Å². The topological polar surface area (TPSA) is 55.1 Å². The van der Waals surface area contributed by atoms with Crippen molar-refractivity contribution in [3.05, 3.63) is 64.5 Å². The molecule has 0 unspecified atom stereocenters. The molecule has 1 amide bonds. The van der Waals surface area contributed by atoms with Gasteiger partial charge in [-0.25, -0.2) is 4.39 Å². The van der Waals surface area contributed by atoms with Gasteiger partial charge >= 0.3 is 0 Å². The molecule has 2 aromatic rings. The number of anilines is 1. The minimum atomic E-state index is -0.480. The number of halogens is 1. The van der Waals surface area contributed by atoms with Gasteiger partial charge in [0.2, 0.25) is 0 Å². The number of aryl methyl sites for hydroxylation is 1. The molecule has 0 heterocycles. The fraction of sp³-hybridized carbons (Fsp3) is 0.188. The summed E-state index contributed by atoms with van der Waals surface area (Å²) in [6, 6.07) is 10.0. The summed E-state index contributed by atoms with van der Waals surface area (Å²) in [7, 11) is 0. The third-order valence-corrected chi connectivity index (χ3v) is 3.37. The maximum atomic E-state index is 13.8. The lowest BCUT2D eigenvalue weighted by Crippen LogP contribution is -2.15. The van der Waals surface area contributed by atoms with Crippen molar-refractivity contribution >= 4 is 11.6 Å². The van der Waals surface area contributed by atoms with Crippen molar-refractivity contribution in [3.8, 4) is 0 Å². The quantitative estimate of drug-likeness (QED) is 0.901. The normalized spacial score (nSPS) is 10.4. The van der Waals surface area contributed by atoms with Crippen LogP contribution in [0.1, 0.15) is 27.0 Å². The second kappa shape index (κ2) is 5.84. The van der Waals surface area contributed by atoms with Crippen molar-refractivity contribution in [1.29, 1.82) is 0 Å². The molecule has 0 aliphatic heterocycles. The van der Waals surface area contributed by atoms with E-state index in [0.717, 1.165) is 11.1 Å². The zero-order valence-corrected chi connectivity index (χ0v) is 11.5. The van der Waals surface area contributed by atoms with Crippen molar-refractivity contribution in [2.24, 2.45) is 5.73 Å². The summed E-state index contributed by atoms with van der Waals surface area (Å²) in [5.74, 6) is -0.794. The molecule has 0 aliphatic rings. The minimum absolute atomic E-state index is 0.160. The summed E-state index contributed by atoms with van der Waals surface area (Å²) in [6.45, 7) is 4.07. The average molecular weight is 272 g/mol. The molecule has 0 bridgehead atoms. The van der Waals surface area contributed by atoms with Gasteiger partial charge in [0, 0.05) is 12.1 Å². The van der Waals surface area contributed by atoms with Gasteiger partial charge in [0.15, 0.2) is 0 Å². The van der Waals surface area contributed by atoms with E-state index in [9.17, 15) is 9.18 Å². The summed E-state index contributed by atoms with van der Waals surface area (Å²) in [6.07, 6.45) is 0. The molecule has 0 atom stereocenters. The summed E-state index contributed by atoms with van der Waals surface area (Å²) >= 11 is 0. The Kier molecular flexibility index (Phi) is 4.15. The van der Waals surface area contributed by atoms with Crippen LogP contribution in [-0.2, 0) is 6.54 Å². The molecule has 3 N–H and O–H groups in total. The molecule has 0 saturated carbocycles. The first-order valence-corrected chi connectivity index (χ1v) is 6.39. The van der Waals surface area contributed by atoms with E-state index in [1.165, 1.54) is 12.1 Å². The van der Waals surface area contributed by atoms with Crippen molar-refractivity contribution in [1.82, 2.24) is 0 Å². The average Bonchev–Trinajstić information content (AvgIpc) is 2.44. The summed E-state index contributed by atoms with van der Waals surface area (Å²) < 4.78 is 13.8. The van der Waals surface area contributed by atoms with Crippen LogP contribution in [0.2, 0.25) is 0 Å². The van der Waals surface area contributed by atoms with Crippen LogP contribution in [0, 0.1) is 19.7 Å². The zero-order chi connectivity index (χ0) is 14.7. The highest BCUT2D eigenvalue weighted by atomic mass is 19.1. The molecular formula is C16H17FN2O. The third kappa shape index (κ3) is 2.86. The van der Waals surface area contributed by atoms with Crippen LogP contribution in [0.4, 0.5) is 10.1 Å². The van der Waals surface area contributed by atoms with Crippen LogP contribution in [0.15, 0.2) is 36.4 Å². The Hall–Kier alpha value is -2.20. The minimum Gasteiger partial charge on any atom is -0.326 e. The molecule has 0 aliphatic carbocycles. The van der Waals surface area contributed by atoms with E-state index in [4.69, 9.17) is 5.73 Å². The van der Waals surface area contributed by atoms with Gasteiger partial charge in [-0.2, -0.15) is 0 Å². The Morgan fingerprint density at radius 2 is 2.00 bits per heavy atom. The summed E-state index contributed by atoms with van der Waals surface area (Å²) in [4.78, 5) is 12.2. The Morgan fingerprint density at radius 1 is 1.25 bits per heavy atom.